The number of barbiturate groups is 1. The first-order valence-corrected chi connectivity index (χ1v) is 9.26. The number of benzene rings is 1. The van der Waals surface area contributed by atoms with E-state index in [1.54, 1.807) is 6.92 Å². The van der Waals surface area contributed by atoms with E-state index in [0.717, 1.165) is 0 Å². The Morgan fingerprint density at radius 1 is 1.23 bits per heavy atom. The van der Waals surface area contributed by atoms with Crippen molar-refractivity contribution in [1.82, 2.24) is 15.2 Å². The summed E-state index contributed by atoms with van der Waals surface area (Å²) in [5.74, 6) is -5.05. The Bertz CT molecular complexity index is 1020. The van der Waals surface area contributed by atoms with E-state index in [1.165, 1.54) is 35.8 Å². The molecule has 3 rings (SSSR count). The molecule has 4 amide bonds. The number of nitrogens with one attached hydrogen (secondary N) is 2. The number of alkyl halides is 2. The summed E-state index contributed by atoms with van der Waals surface area (Å²) in [6, 6.07) is 4.26. The van der Waals surface area contributed by atoms with Gasteiger partial charge < -0.3 is 15.1 Å². The SMILES string of the molecule is Cc1c(C)[n+]([O-])c([C@@H](c2cccc(OC(F)F)c2)C2C(=O)NC(=O)NC2=O)n1CCO. The summed E-state index contributed by atoms with van der Waals surface area (Å²) in [6.45, 7) is -0.321. The number of ether oxygens (including phenoxy) is 1. The number of hydrogen-bond donors (Lipinski definition) is 3. The lowest BCUT2D eigenvalue weighted by Crippen LogP contribution is -2.58. The molecule has 1 aliphatic rings. The zero-order valence-electron chi connectivity index (χ0n) is 16.6. The van der Waals surface area contributed by atoms with Gasteiger partial charge in [0.2, 0.25) is 11.8 Å². The number of urea groups is 1. The summed E-state index contributed by atoms with van der Waals surface area (Å²) in [5.41, 5.74) is 0.905. The molecule has 2 aromatic rings. The molecule has 1 aromatic heterocycles. The van der Waals surface area contributed by atoms with Crippen LogP contribution < -0.4 is 20.1 Å². The predicted octanol–water partition coefficient (Wildman–Crippen LogP) is 0.446. The molecule has 166 valence electrons. The van der Waals surface area contributed by atoms with Gasteiger partial charge in [-0.2, -0.15) is 8.78 Å². The van der Waals surface area contributed by atoms with Crippen molar-refractivity contribution in [3.63, 3.8) is 0 Å². The molecule has 0 unspecified atom stereocenters. The molecule has 1 atom stereocenters. The number of aliphatic hydroxyl groups excluding tert-OH is 1. The Kier molecular flexibility index (Phi) is 6.20. The molecule has 31 heavy (non-hydrogen) atoms. The highest BCUT2D eigenvalue weighted by molar-refractivity contribution is 6.16. The second-order valence-corrected chi connectivity index (χ2v) is 6.91. The molecule has 3 N–H and O–H groups in total. The van der Waals surface area contributed by atoms with Gasteiger partial charge in [-0.15, -0.1) is 0 Å². The molecule has 10 nitrogen and oxygen atoms in total. The number of aliphatic hydroxyl groups is 1. The predicted molar refractivity (Wildman–Crippen MR) is 100 cm³/mol. The molecular weight excluding hydrogens is 418 g/mol. The summed E-state index contributed by atoms with van der Waals surface area (Å²) in [5, 5.41) is 26.5. The van der Waals surface area contributed by atoms with Gasteiger partial charge in [0.05, 0.1) is 6.61 Å². The maximum absolute atomic E-state index is 13.0. The van der Waals surface area contributed by atoms with Crippen molar-refractivity contribution in [2.45, 2.75) is 32.9 Å². The average molecular weight is 438 g/mol. The Labute approximate surface area is 175 Å². The maximum Gasteiger partial charge on any atom is 0.387 e. The van der Waals surface area contributed by atoms with Crippen LogP contribution in [0, 0.1) is 25.0 Å². The third kappa shape index (κ3) is 4.19. The van der Waals surface area contributed by atoms with Crippen LogP contribution in [0.3, 0.4) is 0 Å². The van der Waals surface area contributed by atoms with Crippen molar-refractivity contribution in [1.29, 1.82) is 0 Å². The van der Waals surface area contributed by atoms with Crippen molar-refractivity contribution in [2.75, 3.05) is 6.61 Å². The van der Waals surface area contributed by atoms with E-state index in [0.29, 0.717) is 10.4 Å². The van der Waals surface area contributed by atoms with Crippen LogP contribution in [-0.4, -0.2) is 40.7 Å². The largest absolute Gasteiger partial charge is 0.711 e. The molecule has 0 saturated carbocycles. The van der Waals surface area contributed by atoms with Gasteiger partial charge in [0, 0.05) is 13.8 Å². The minimum atomic E-state index is -3.11. The summed E-state index contributed by atoms with van der Waals surface area (Å²) in [6.07, 6.45) is 0. The van der Waals surface area contributed by atoms with Crippen LogP contribution in [0.4, 0.5) is 13.6 Å². The van der Waals surface area contributed by atoms with Crippen LogP contribution >= 0.6 is 0 Å². The number of hydrogen-bond acceptors (Lipinski definition) is 6. The number of carbonyl (C=O) groups is 3. The van der Waals surface area contributed by atoms with Gasteiger partial charge in [-0.25, -0.2) is 14.1 Å². The van der Waals surface area contributed by atoms with Gasteiger partial charge in [0.15, 0.2) is 0 Å². The monoisotopic (exact) mass is 438 g/mol. The van der Waals surface area contributed by atoms with E-state index in [4.69, 9.17) is 0 Å². The van der Waals surface area contributed by atoms with Crippen molar-refractivity contribution < 1.29 is 37.7 Å². The lowest BCUT2D eigenvalue weighted by molar-refractivity contribution is -0.621. The number of rotatable bonds is 7. The maximum atomic E-state index is 13.0. The highest BCUT2D eigenvalue weighted by Gasteiger charge is 2.47. The van der Waals surface area contributed by atoms with E-state index >= 15 is 0 Å². The molecule has 0 spiro atoms. The fraction of sp³-hybridized carbons (Fsp3) is 0.368. The fourth-order valence-electron chi connectivity index (χ4n) is 3.68. The van der Waals surface area contributed by atoms with Crippen molar-refractivity contribution in [3.8, 4) is 5.75 Å². The van der Waals surface area contributed by atoms with Crippen molar-refractivity contribution in [2.24, 2.45) is 5.92 Å². The Hall–Kier alpha value is -3.54. The van der Waals surface area contributed by atoms with Gasteiger partial charge in [0.1, 0.15) is 35.5 Å². The lowest BCUT2D eigenvalue weighted by atomic mass is 9.83. The number of imidazole rings is 1. The molecule has 1 aromatic carbocycles. The molecule has 2 heterocycles. The highest BCUT2D eigenvalue weighted by Crippen LogP contribution is 2.35. The van der Waals surface area contributed by atoms with Crippen molar-refractivity contribution >= 4 is 17.8 Å². The van der Waals surface area contributed by atoms with Gasteiger partial charge in [-0.3, -0.25) is 20.2 Å². The topological polar surface area (TPSA) is 137 Å². The number of halogens is 2. The number of nitrogens with zero attached hydrogens (tertiary/aromatic N) is 2. The Morgan fingerprint density at radius 2 is 1.87 bits per heavy atom. The molecule has 1 saturated heterocycles. The quantitative estimate of drug-likeness (QED) is 0.326. The summed E-state index contributed by atoms with van der Waals surface area (Å²) in [7, 11) is 0. The zero-order chi connectivity index (χ0) is 22.9. The zero-order valence-corrected chi connectivity index (χ0v) is 16.6. The first-order chi connectivity index (χ1) is 14.6. The summed E-state index contributed by atoms with van der Waals surface area (Å²) in [4.78, 5) is 36.8. The summed E-state index contributed by atoms with van der Waals surface area (Å²) >= 11 is 0. The van der Waals surface area contributed by atoms with E-state index in [9.17, 15) is 33.5 Å². The van der Waals surface area contributed by atoms with Gasteiger partial charge in [-0.05, 0) is 17.7 Å². The van der Waals surface area contributed by atoms with Gasteiger partial charge >= 0.3 is 12.6 Å². The number of carbonyl (C=O) groups excluding carboxylic acids is 3. The minimum absolute atomic E-state index is 0.0180. The van der Waals surface area contributed by atoms with Crippen LogP contribution in [-0.2, 0) is 16.1 Å². The van der Waals surface area contributed by atoms with E-state index in [2.05, 4.69) is 4.74 Å². The molecular formula is C19H20F2N4O6. The van der Waals surface area contributed by atoms with E-state index in [1.807, 2.05) is 10.6 Å². The smallest absolute Gasteiger partial charge is 0.387 e. The Balaban J connectivity index is 2.25. The molecule has 12 heteroatoms. The van der Waals surface area contributed by atoms with Crippen LogP contribution in [0.15, 0.2) is 24.3 Å². The number of imide groups is 2. The first kappa shape index (κ1) is 22.2. The minimum Gasteiger partial charge on any atom is -0.711 e. The highest BCUT2D eigenvalue weighted by atomic mass is 19.3. The third-order valence-corrected chi connectivity index (χ3v) is 5.13. The molecule has 1 fully saturated rings. The normalized spacial score (nSPS) is 15.7. The number of aromatic nitrogens is 2. The molecule has 0 bridgehead atoms. The third-order valence-electron chi connectivity index (χ3n) is 5.13. The average Bonchev–Trinajstić information content (AvgIpc) is 2.88. The molecule has 0 radical (unpaired) electrons. The summed E-state index contributed by atoms with van der Waals surface area (Å²) < 4.78 is 31.8. The van der Waals surface area contributed by atoms with Crippen LogP contribution in [0.1, 0.15) is 28.7 Å². The molecule has 0 aliphatic carbocycles. The Morgan fingerprint density at radius 3 is 2.45 bits per heavy atom. The van der Waals surface area contributed by atoms with Crippen LogP contribution in [0.2, 0.25) is 0 Å². The van der Waals surface area contributed by atoms with Gasteiger partial charge in [-0.1, -0.05) is 12.1 Å². The lowest BCUT2D eigenvalue weighted by Gasteiger charge is -2.28. The first-order valence-electron chi connectivity index (χ1n) is 9.26. The van der Waals surface area contributed by atoms with Crippen LogP contribution in [0.5, 0.6) is 5.75 Å². The van der Waals surface area contributed by atoms with Crippen molar-refractivity contribution in [3.05, 3.63) is 52.2 Å². The van der Waals surface area contributed by atoms with Crippen LogP contribution in [0.25, 0.3) is 0 Å². The van der Waals surface area contributed by atoms with Gasteiger partial charge in [0.25, 0.3) is 5.82 Å². The molecule has 1 aliphatic heterocycles. The van der Waals surface area contributed by atoms with E-state index in [-0.39, 0.29) is 36.0 Å². The number of amides is 4. The fourth-order valence-corrected chi connectivity index (χ4v) is 3.68. The van der Waals surface area contributed by atoms with E-state index < -0.39 is 36.3 Å². The second kappa shape index (κ2) is 8.68. The second-order valence-electron chi connectivity index (χ2n) is 6.91. The standard InChI is InChI=1S/C19H20F2N4O6/c1-9-10(2)25(30)17(24(9)6-7-26)13(14-15(27)22-19(29)23-16(14)28)11-4-3-5-12(8-11)31-18(20)21/h3-5,8,13-14,18,26H,6-7H2,1-2H3,(H2,22,23,27,28,29)/t13-/m0/s1.